The van der Waals surface area contributed by atoms with Gasteiger partial charge in [0.15, 0.2) is 11.5 Å². The molecule has 2 aliphatic rings. The molecule has 5 rings (SSSR count). The molecule has 2 aliphatic heterocycles. The van der Waals surface area contributed by atoms with Crippen LogP contribution in [0, 0.1) is 11.6 Å². The first-order chi connectivity index (χ1) is 15.5. The molecule has 1 unspecified atom stereocenters. The summed E-state index contributed by atoms with van der Waals surface area (Å²) < 4.78 is 29.8. The number of hydrogen-bond donors (Lipinski definition) is 2. The van der Waals surface area contributed by atoms with E-state index >= 15 is 0 Å². The molecule has 10 heteroatoms. The fraction of sp³-hybridized carbons (Fsp3) is 0.409. The van der Waals surface area contributed by atoms with Crippen LogP contribution in [0.15, 0.2) is 36.5 Å². The average molecular weight is 441 g/mol. The van der Waals surface area contributed by atoms with Gasteiger partial charge in [-0.25, -0.2) is 18.6 Å². The maximum Gasteiger partial charge on any atom is 0.323 e. The van der Waals surface area contributed by atoms with E-state index in [9.17, 15) is 13.6 Å². The minimum absolute atomic E-state index is 0.0169. The van der Waals surface area contributed by atoms with E-state index in [-0.39, 0.29) is 18.1 Å². The minimum atomic E-state index is -0.464. The molecule has 2 saturated heterocycles. The Bertz CT molecular complexity index is 1150. The Morgan fingerprint density at radius 1 is 1.12 bits per heavy atom. The van der Waals surface area contributed by atoms with Crippen LogP contribution < -0.4 is 16.0 Å². The van der Waals surface area contributed by atoms with Crippen molar-refractivity contribution >= 4 is 23.3 Å². The monoisotopic (exact) mass is 441 g/mol. The third-order valence-electron chi connectivity index (χ3n) is 6.19. The third kappa shape index (κ3) is 3.86. The number of nitrogens with zero attached hydrogens (tertiary/aromatic N) is 5. The fourth-order valence-corrected chi connectivity index (χ4v) is 4.62. The maximum absolute atomic E-state index is 14.4. The van der Waals surface area contributed by atoms with Gasteiger partial charge < -0.3 is 15.5 Å². The van der Waals surface area contributed by atoms with Crippen molar-refractivity contribution in [2.24, 2.45) is 5.73 Å². The summed E-state index contributed by atoms with van der Waals surface area (Å²) in [5.74, 6) is 0.157. The summed E-state index contributed by atoms with van der Waals surface area (Å²) in [6.45, 7) is 1.83. The molecule has 3 N–H and O–H groups in total. The van der Waals surface area contributed by atoms with Crippen LogP contribution in [0.3, 0.4) is 0 Å². The molecule has 4 heterocycles. The highest BCUT2D eigenvalue weighted by atomic mass is 19.1. The first-order valence-electron chi connectivity index (χ1n) is 10.9. The number of rotatable bonds is 3. The summed E-state index contributed by atoms with van der Waals surface area (Å²) in [4.78, 5) is 20.7. The van der Waals surface area contributed by atoms with Crippen LogP contribution in [0.25, 0.3) is 5.65 Å². The lowest BCUT2D eigenvalue weighted by molar-refractivity contribution is 0.193. The molecule has 2 aromatic heterocycles. The molecule has 32 heavy (non-hydrogen) atoms. The van der Waals surface area contributed by atoms with Crippen LogP contribution in [0.2, 0.25) is 0 Å². The highest BCUT2D eigenvalue weighted by Gasteiger charge is 2.30. The SMILES string of the molecule is NC1CCCN(C(=O)Nc2cnc3ccc(N4CCC[C@@H]4c4cc(F)ccc4F)nn23)C1. The van der Waals surface area contributed by atoms with Crippen molar-refractivity contribution in [1.82, 2.24) is 19.5 Å². The zero-order chi connectivity index (χ0) is 22.2. The van der Waals surface area contributed by atoms with E-state index in [0.29, 0.717) is 48.9 Å². The first-order valence-corrected chi connectivity index (χ1v) is 10.9. The number of piperidine rings is 1. The van der Waals surface area contributed by atoms with Gasteiger partial charge in [0.1, 0.15) is 17.5 Å². The number of urea groups is 1. The van der Waals surface area contributed by atoms with Gasteiger partial charge in [0.05, 0.1) is 12.2 Å². The lowest BCUT2D eigenvalue weighted by Crippen LogP contribution is -2.47. The number of imidazole rings is 1. The number of nitrogens with two attached hydrogens (primary N) is 1. The predicted molar refractivity (Wildman–Crippen MR) is 116 cm³/mol. The molecule has 2 atom stereocenters. The number of carbonyl (C=O) groups excluding carboxylic acids is 1. The van der Waals surface area contributed by atoms with Crippen LogP contribution in [0.4, 0.5) is 25.2 Å². The summed E-state index contributed by atoms with van der Waals surface area (Å²) in [7, 11) is 0. The summed E-state index contributed by atoms with van der Waals surface area (Å²) in [5, 5.41) is 7.54. The summed E-state index contributed by atoms with van der Waals surface area (Å²) in [5.41, 5.74) is 6.89. The van der Waals surface area contributed by atoms with Gasteiger partial charge in [0, 0.05) is 31.2 Å². The van der Waals surface area contributed by atoms with E-state index in [1.54, 1.807) is 21.7 Å². The Balaban J connectivity index is 1.42. The number of fused-ring (bicyclic) bond motifs is 1. The standard InChI is InChI=1S/C22H25F2N7O/c23-14-5-6-17(24)16(11-14)18-4-2-10-30(18)20-8-7-19-26-12-21(31(19)28-20)27-22(32)29-9-1-3-15(25)13-29/h5-8,11-12,15,18H,1-4,9-10,13,25H2,(H,27,32)/t15?,18-/m1/s1. The highest BCUT2D eigenvalue weighted by Crippen LogP contribution is 2.36. The second-order valence-corrected chi connectivity index (χ2v) is 8.40. The first kappa shape index (κ1) is 20.6. The van der Waals surface area contributed by atoms with Crippen molar-refractivity contribution in [3.63, 3.8) is 0 Å². The molecule has 0 radical (unpaired) electrons. The van der Waals surface area contributed by atoms with Gasteiger partial charge >= 0.3 is 6.03 Å². The van der Waals surface area contributed by atoms with Crippen molar-refractivity contribution < 1.29 is 13.6 Å². The number of halogens is 2. The molecule has 2 amide bonds. The van der Waals surface area contributed by atoms with E-state index in [1.165, 1.54) is 6.07 Å². The molecule has 1 aromatic carbocycles. The molecule has 0 spiro atoms. The van der Waals surface area contributed by atoms with Crippen molar-refractivity contribution in [1.29, 1.82) is 0 Å². The molecule has 0 bridgehead atoms. The lowest BCUT2D eigenvalue weighted by Gasteiger charge is -2.30. The Hall–Kier alpha value is -3.27. The molecule has 0 saturated carbocycles. The zero-order valence-corrected chi connectivity index (χ0v) is 17.5. The largest absolute Gasteiger partial charge is 0.348 e. The van der Waals surface area contributed by atoms with Crippen molar-refractivity contribution in [2.45, 2.75) is 37.8 Å². The molecule has 0 aliphatic carbocycles. The number of carbonyl (C=O) groups is 1. The van der Waals surface area contributed by atoms with E-state index in [4.69, 9.17) is 5.73 Å². The number of amides is 2. The van der Waals surface area contributed by atoms with Crippen molar-refractivity contribution in [3.05, 3.63) is 53.7 Å². The smallest absolute Gasteiger partial charge is 0.323 e. The topological polar surface area (TPSA) is 91.8 Å². The predicted octanol–water partition coefficient (Wildman–Crippen LogP) is 3.30. The number of aromatic nitrogens is 3. The molecule has 2 fully saturated rings. The van der Waals surface area contributed by atoms with E-state index < -0.39 is 11.6 Å². The Morgan fingerprint density at radius 2 is 1.97 bits per heavy atom. The van der Waals surface area contributed by atoms with Gasteiger partial charge in [0.25, 0.3) is 0 Å². The van der Waals surface area contributed by atoms with Gasteiger partial charge in [-0.15, -0.1) is 5.10 Å². The maximum atomic E-state index is 14.4. The van der Waals surface area contributed by atoms with Crippen molar-refractivity contribution in [3.8, 4) is 0 Å². The van der Waals surface area contributed by atoms with E-state index in [1.807, 2.05) is 11.0 Å². The Morgan fingerprint density at radius 3 is 2.81 bits per heavy atom. The fourth-order valence-electron chi connectivity index (χ4n) is 4.62. The number of nitrogens with one attached hydrogen (secondary N) is 1. The summed E-state index contributed by atoms with van der Waals surface area (Å²) in [6, 6.07) is 6.58. The van der Waals surface area contributed by atoms with Gasteiger partial charge in [-0.3, -0.25) is 5.32 Å². The van der Waals surface area contributed by atoms with Crippen LogP contribution >= 0.6 is 0 Å². The summed E-state index contributed by atoms with van der Waals surface area (Å²) in [6.07, 6.45) is 4.87. The Labute approximate surface area is 184 Å². The number of benzene rings is 1. The quantitative estimate of drug-likeness (QED) is 0.651. The van der Waals surface area contributed by atoms with Gasteiger partial charge in [0.2, 0.25) is 0 Å². The zero-order valence-electron chi connectivity index (χ0n) is 17.5. The minimum Gasteiger partial charge on any atom is -0.348 e. The second kappa shape index (κ2) is 8.34. The normalized spacial score (nSPS) is 21.3. The Kier molecular flexibility index (Phi) is 5.38. The lowest BCUT2D eigenvalue weighted by atomic mass is 10.0. The third-order valence-corrected chi connectivity index (χ3v) is 6.19. The van der Waals surface area contributed by atoms with Crippen LogP contribution in [-0.2, 0) is 0 Å². The average Bonchev–Trinajstić information content (AvgIpc) is 3.42. The van der Waals surface area contributed by atoms with E-state index in [0.717, 1.165) is 31.4 Å². The summed E-state index contributed by atoms with van der Waals surface area (Å²) >= 11 is 0. The van der Waals surface area contributed by atoms with E-state index in [2.05, 4.69) is 15.4 Å². The van der Waals surface area contributed by atoms with Gasteiger partial charge in [-0.2, -0.15) is 4.52 Å². The van der Waals surface area contributed by atoms with Crippen LogP contribution in [-0.4, -0.2) is 51.2 Å². The van der Waals surface area contributed by atoms with Gasteiger partial charge in [-0.05, 0) is 56.0 Å². The van der Waals surface area contributed by atoms with Gasteiger partial charge in [-0.1, -0.05) is 0 Å². The second-order valence-electron chi connectivity index (χ2n) is 8.40. The molecular weight excluding hydrogens is 416 g/mol. The van der Waals surface area contributed by atoms with Crippen LogP contribution in [0.5, 0.6) is 0 Å². The number of anilines is 2. The highest BCUT2D eigenvalue weighted by molar-refractivity contribution is 5.88. The number of hydrogen-bond acceptors (Lipinski definition) is 5. The molecule has 168 valence electrons. The number of likely N-dealkylation sites (tertiary alicyclic amines) is 1. The van der Waals surface area contributed by atoms with Crippen molar-refractivity contribution in [2.75, 3.05) is 29.9 Å². The molecule has 3 aromatic rings. The molecule has 8 nitrogen and oxygen atoms in total. The van der Waals surface area contributed by atoms with Crippen LogP contribution in [0.1, 0.15) is 37.3 Å². The molecular formula is C22H25F2N7O.